The van der Waals surface area contributed by atoms with Gasteiger partial charge >= 0.3 is 30.7 Å². The van der Waals surface area contributed by atoms with Crippen LogP contribution in [-0.4, -0.2) is 247 Å². The predicted octanol–water partition coefficient (Wildman–Crippen LogP) is 14.0. The number of benzene rings is 8. The molecule has 0 aromatic heterocycles. The second kappa shape index (κ2) is 45.6. The second-order valence-electron chi connectivity index (χ2n) is 29.2. The van der Waals surface area contributed by atoms with Gasteiger partial charge in [-0.3, -0.25) is 20.0 Å². The van der Waals surface area contributed by atoms with E-state index in [2.05, 4.69) is 120 Å². The van der Waals surface area contributed by atoms with Crippen LogP contribution in [0.2, 0.25) is 0 Å². The number of nitrogens with zero attached hydrogens (tertiary/aromatic N) is 16. The molecule has 0 atom stereocenters. The average Bonchev–Trinajstić information content (AvgIpc) is 1.59. The van der Waals surface area contributed by atoms with Gasteiger partial charge in [-0.15, -0.1) is 0 Å². The van der Waals surface area contributed by atoms with Crippen molar-refractivity contribution in [1.82, 2.24) is 32.5 Å². The number of aliphatic imine (C=N–C) groups is 8. The third-order valence-corrected chi connectivity index (χ3v) is 26.4. The molecule has 0 radical (unpaired) electrons. The number of fused-ring (bicyclic) bond motifs is 12. The number of aliphatic hydroxyl groups is 1. The molecule has 36 nitrogen and oxygen atoms in total. The first-order chi connectivity index (χ1) is 63.1. The van der Waals surface area contributed by atoms with Crippen molar-refractivity contribution >= 4 is 199 Å². The molecule has 3 saturated heterocycles. The Hall–Kier alpha value is -11.7. The van der Waals surface area contributed by atoms with Crippen molar-refractivity contribution in [2.24, 2.45) is 44.3 Å². The molecule has 8 aromatic rings. The number of phenols is 1. The molecule has 12 aliphatic rings. The Kier molecular flexibility index (Phi) is 34.3. The summed E-state index contributed by atoms with van der Waals surface area (Å²) in [6.45, 7) is 7.64. The zero-order valence-electron chi connectivity index (χ0n) is 69.7. The van der Waals surface area contributed by atoms with E-state index >= 15 is 0 Å². The van der Waals surface area contributed by atoms with Crippen LogP contribution in [0.5, 0.6) is 40.2 Å². The van der Waals surface area contributed by atoms with Crippen molar-refractivity contribution < 1.29 is 99.5 Å². The van der Waals surface area contributed by atoms with Crippen molar-refractivity contribution in [1.29, 1.82) is 0 Å². The number of nitrogens with two attached hydrogens (primary N) is 2. The summed E-state index contributed by atoms with van der Waals surface area (Å²) >= 11 is 5.31. The van der Waals surface area contributed by atoms with Crippen LogP contribution in [0.15, 0.2) is 190 Å². The van der Waals surface area contributed by atoms with Crippen molar-refractivity contribution in [2.75, 3.05) is 115 Å². The van der Waals surface area contributed by atoms with Gasteiger partial charge in [0.2, 0.25) is 20.0 Å². The first kappa shape index (κ1) is 99.3. The highest BCUT2D eigenvalue weighted by Crippen LogP contribution is 2.38. The zero-order valence-corrected chi connectivity index (χ0v) is 78.3. The number of halogens is 8. The van der Waals surface area contributed by atoms with E-state index in [9.17, 15) is 60.8 Å². The lowest BCUT2D eigenvalue weighted by Crippen LogP contribution is -2.32. The molecule has 698 valence electrons. The van der Waals surface area contributed by atoms with Crippen LogP contribution in [0.3, 0.4) is 0 Å². The molecule has 11 aliphatic heterocycles. The number of alkyl halides is 1. The van der Waals surface area contributed by atoms with Gasteiger partial charge in [0.05, 0.1) is 117 Å². The summed E-state index contributed by atoms with van der Waals surface area (Å²) in [6.07, 6.45) is 15.3. The van der Waals surface area contributed by atoms with Gasteiger partial charge in [0, 0.05) is 115 Å². The van der Waals surface area contributed by atoms with E-state index in [1.54, 1.807) is 49.3 Å². The normalized spacial score (nSPS) is 16.4. The Bertz CT molecular complexity index is 6430. The molecule has 1 aliphatic carbocycles. The van der Waals surface area contributed by atoms with Gasteiger partial charge in [-0.05, 0) is 169 Å². The number of ether oxygens (including phenoxy) is 5. The molecule has 2 amide bonds. The highest BCUT2D eigenvalue weighted by Gasteiger charge is 2.36. The van der Waals surface area contributed by atoms with E-state index in [1.165, 1.54) is 88.5 Å². The molecule has 1 saturated carbocycles. The molecular weight excluding hydrogens is 2030 g/mol. The molecule has 132 heavy (non-hydrogen) atoms. The van der Waals surface area contributed by atoms with Crippen LogP contribution in [0, 0.1) is 26.8 Å². The number of anilines is 2. The molecule has 20 rings (SSSR count). The Morgan fingerprint density at radius 1 is 0.455 bits per heavy atom. The first-order valence-corrected chi connectivity index (χ1v) is 50.4. The number of carbonyl (C=O) groups excluding carboxylic acids is 3. The molecule has 4 fully saturated rings. The van der Waals surface area contributed by atoms with Crippen LogP contribution >= 0.6 is 59.9 Å². The Labute approximate surface area is 787 Å². The number of isocyanates is 1. The quantitative estimate of drug-likeness (QED) is 0.0141. The number of nitrogen functional groups attached to an aromatic ring is 2. The largest absolute Gasteiger partial charge is 0.508 e. The Morgan fingerprint density at radius 2 is 0.795 bits per heavy atom. The van der Waals surface area contributed by atoms with Crippen molar-refractivity contribution in [3.8, 4) is 40.2 Å². The van der Waals surface area contributed by atoms with Gasteiger partial charge in [0.25, 0.3) is 6.08 Å². The van der Waals surface area contributed by atoms with Crippen LogP contribution in [-0.2, 0) is 64.3 Å². The number of sulfonamides is 2. The fourth-order valence-electron chi connectivity index (χ4n) is 13.8. The fourth-order valence-corrected chi connectivity index (χ4v) is 18.4. The number of cyclic esters (lactones) is 2. The Balaban J connectivity index is 0.000000144. The molecule has 11 heterocycles. The molecule has 0 bridgehead atoms. The van der Waals surface area contributed by atoms with E-state index in [1.807, 2.05) is 57.4 Å². The summed E-state index contributed by atoms with van der Waals surface area (Å²) in [5.41, 5.74) is 18.0. The number of amidine groups is 4. The van der Waals surface area contributed by atoms with E-state index in [-0.39, 0.29) is 72.7 Å². The second-order valence-corrected chi connectivity index (χ2v) is 39.7. The highest BCUT2D eigenvalue weighted by atomic mass is 127. The number of amides is 2. The average molecular weight is 2120 g/mol. The van der Waals surface area contributed by atoms with Gasteiger partial charge in [0.1, 0.15) is 100 Å². The first-order valence-electron chi connectivity index (χ1n) is 40.4. The third-order valence-electron chi connectivity index (χ3n) is 20.0. The minimum absolute atomic E-state index is 0.00463. The van der Waals surface area contributed by atoms with Crippen LogP contribution in [0.4, 0.5) is 61.3 Å². The molecule has 0 unspecified atom stereocenters. The van der Waals surface area contributed by atoms with Gasteiger partial charge < -0.3 is 65.0 Å². The lowest BCUT2D eigenvalue weighted by atomic mass is 10.1. The van der Waals surface area contributed by atoms with Crippen LogP contribution in [0.25, 0.3) is 0 Å². The van der Waals surface area contributed by atoms with Gasteiger partial charge in [0.15, 0.2) is 0 Å². The maximum Gasteiger partial charge on any atom is 0.424 e. The summed E-state index contributed by atoms with van der Waals surface area (Å²) < 4.78 is 177. The number of rotatable bonds is 15. The summed E-state index contributed by atoms with van der Waals surface area (Å²) in [4.78, 5) is 74.8. The summed E-state index contributed by atoms with van der Waals surface area (Å²) in [7, 11) is -6.33. The van der Waals surface area contributed by atoms with Gasteiger partial charge in [-0.25, -0.2) is 77.4 Å². The number of aromatic hydroxyl groups is 1. The van der Waals surface area contributed by atoms with Crippen molar-refractivity contribution in [2.45, 2.75) is 56.5 Å². The van der Waals surface area contributed by atoms with E-state index in [0.717, 1.165) is 151 Å². The SMILES string of the molecule is C1CCCC1.Ic1ccc2c(c1)C1=NCCN1C=N2.Nc1cc(O)ccc1F.Nc1cc(Oc2ccc3c(c2)C2=NCCN2C=N3)ccc1F.O=C1OCCN1S(=O)(=O)Cc1cc(Oc2ccc3c(c2)C2=NCCN2C=N3)ccc1F.O=C1OCCN1S(=O)(=O)Cl.O=C=NS(=O)(=O)Cl.O=S(=O)(Cc1cc(Oc2ccc3c(c2)C2=NCCN2C=N3)ccc1F)N1CCCC1.OCCBr. The number of carbonyl (C=O) groups is 2. The smallest absolute Gasteiger partial charge is 0.424 e. The van der Waals surface area contributed by atoms with E-state index in [4.69, 9.17) is 51.4 Å². The maximum atomic E-state index is 14.3. The minimum Gasteiger partial charge on any atom is -0.508 e. The van der Waals surface area contributed by atoms with Crippen molar-refractivity contribution in [3.63, 3.8) is 0 Å². The molecule has 0 spiro atoms. The molecular formula is C84H84BrCl2F4IN18O18S4. The lowest BCUT2D eigenvalue weighted by Gasteiger charge is -2.21. The number of phenolic OH excluding ortho intramolecular Hbond substituents is 1. The summed E-state index contributed by atoms with van der Waals surface area (Å²) in [6, 6.07) is 38.5. The summed E-state index contributed by atoms with van der Waals surface area (Å²) in [5, 5.41) is 17.2. The molecule has 6 N–H and O–H groups in total. The van der Waals surface area contributed by atoms with E-state index in [0.29, 0.717) is 62.3 Å². The predicted molar refractivity (Wildman–Crippen MR) is 504 cm³/mol. The zero-order chi connectivity index (χ0) is 94.4. The number of hydrogen-bond donors (Lipinski definition) is 4. The molecule has 8 aromatic carbocycles. The van der Waals surface area contributed by atoms with Crippen LogP contribution < -0.4 is 25.7 Å². The number of aliphatic hydroxyl groups excluding tert-OH is 1. The fraction of sp³-hybridized carbons (Fsp3) is 0.298. The third kappa shape index (κ3) is 27.0. The summed E-state index contributed by atoms with van der Waals surface area (Å²) in [5.74, 6) is 3.17. The maximum absolute atomic E-state index is 14.3. The van der Waals surface area contributed by atoms with Crippen LogP contribution in [0.1, 0.15) is 78.3 Å². The number of hydrogen-bond acceptors (Lipinski definition) is 32. The lowest BCUT2D eigenvalue weighted by molar-refractivity contribution is 0.169. The minimum atomic E-state index is -4.07. The monoisotopic (exact) mass is 2110 g/mol. The molecule has 48 heteroatoms. The highest BCUT2D eigenvalue weighted by molar-refractivity contribution is 14.1. The standard InChI is InChI=1S/C21H21FN4O3S.C20H17FN4O5S.C16H13FN4O.C10H8IN3.C6H6FNO.C5H10.C3H4ClNO4S.C2H5BrO.CClNO3S/c22-19-5-3-16(11-15(19)13-30(27,28)26-8-1-2-9-26)29-17-4-6-20-18(12-17)21-23-7-10-25(21)14-24-20;21-17-3-1-14(9-13(17)11-31(27,28)25-7-8-29-20(25)26)30-15-2-4-18-16(10-15)19-22-5-6-24(19)12-23-18;17-13-3-1-11(8-14(13)18)22-10-2-4-15-12(7-10)16-19-5-6-21(16)9-20-15;11-7-1-2-9-8(5-7)10-12-3-4-14(10)6-13-9;7-5-2-1-4(9)3-6(5)8;1-2-4-5-3-1;4-10(7,8)5-1-2-9-3(5)6;3-1-2-4;2-7(5,6)3-1-4/h3-6,11-12,14H,1-2,7-10,13H2;1-4,9-10,12H,5-8,11H2;1-4,7-9H,5-6,18H2;1-2,5-6H,3-4H2;1-3,9H,8H2;1-5H2;1-2H2;4H,1-2H2;. The van der Waals surface area contributed by atoms with Crippen molar-refractivity contribution in [3.05, 3.63) is 206 Å². The van der Waals surface area contributed by atoms with Gasteiger partial charge in [-0.1, -0.05) is 52.4 Å². The Morgan fingerprint density at radius 3 is 1.13 bits per heavy atom. The topological polar surface area (TPSA) is 460 Å². The van der Waals surface area contributed by atoms with E-state index < -0.39 is 79.7 Å². The van der Waals surface area contributed by atoms with Gasteiger partial charge in [-0.2, -0.15) is 21.1 Å².